The first kappa shape index (κ1) is 21.4. The Morgan fingerprint density at radius 2 is 1.14 bits per heavy atom. The third-order valence-electron chi connectivity index (χ3n) is 3.92. The number of hydrogen-bond donors (Lipinski definition) is 2. The fourth-order valence-electron chi connectivity index (χ4n) is 2.40. The normalized spacial score (nSPS) is 14.9. The van der Waals surface area contributed by atoms with Crippen LogP contribution in [0.1, 0.15) is 90.9 Å². The van der Waals surface area contributed by atoms with Gasteiger partial charge in [0.05, 0.1) is 12.2 Å². The van der Waals surface area contributed by atoms with Gasteiger partial charge in [0.2, 0.25) is 0 Å². The summed E-state index contributed by atoms with van der Waals surface area (Å²) in [5, 5.41) is 19.6. The third kappa shape index (κ3) is 15.8. The highest BCUT2D eigenvalue weighted by molar-refractivity contribution is 4.93. The van der Waals surface area contributed by atoms with E-state index in [0.29, 0.717) is 0 Å². The smallest absolute Gasteiger partial charge is 0.0721 e. The van der Waals surface area contributed by atoms with Crippen molar-refractivity contribution in [1.29, 1.82) is 0 Å². The summed E-state index contributed by atoms with van der Waals surface area (Å²) in [4.78, 5) is 0. The Labute approximate surface area is 138 Å². The Morgan fingerprint density at radius 3 is 1.68 bits per heavy atom. The molecule has 2 unspecified atom stereocenters. The molecule has 0 aromatic heterocycles. The average Bonchev–Trinajstić information content (AvgIpc) is 2.51. The van der Waals surface area contributed by atoms with Gasteiger partial charge in [0.1, 0.15) is 0 Å². The summed E-state index contributed by atoms with van der Waals surface area (Å²) in [5.41, 5.74) is 0. The Kier molecular flexibility index (Phi) is 16.3. The number of aliphatic hydroxyl groups excluding tert-OH is 2. The second kappa shape index (κ2) is 16.8. The first-order valence-corrected chi connectivity index (χ1v) is 9.40. The van der Waals surface area contributed by atoms with Gasteiger partial charge in [0.15, 0.2) is 0 Å². The van der Waals surface area contributed by atoms with Crippen LogP contribution in [0.2, 0.25) is 0 Å². The summed E-state index contributed by atoms with van der Waals surface area (Å²) < 4.78 is 0. The zero-order valence-electron chi connectivity index (χ0n) is 14.8. The highest BCUT2D eigenvalue weighted by Gasteiger charge is 2.02. The van der Waals surface area contributed by atoms with Crippen LogP contribution < -0.4 is 0 Å². The molecule has 0 amide bonds. The quantitative estimate of drug-likeness (QED) is 0.308. The van der Waals surface area contributed by atoms with E-state index in [1.54, 1.807) is 12.2 Å². The first-order valence-electron chi connectivity index (χ1n) is 9.40. The molecule has 0 spiro atoms. The number of rotatable bonds is 15. The van der Waals surface area contributed by atoms with Gasteiger partial charge in [0, 0.05) is 0 Å². The molecule has 2 nitrogen and oxygen atoms in total. The molecule has 0 aliphatic carbocycles. The summed E-state index contributed by atoms with van der Waals surface area (Å²) in [6, 6.07) is 0. The van der Waals surface area contributed by atoms with Crippen molar-refractivity contribution in [3.8, 4) is 0 Å². The van der Waals surface area contributed by atoms with E-state index in [1.807, 2.05) is 0 Å². The number of aliphatic hydroxyl groups is 2. The van der Waals surface area contributed by atoms with E-state index in [9.17, 15) is 10.2 Å². The van der Waals surface area contributed by atoms with Crippen molar-refractivity contribution >= 4 is 0 Å². The van der Waals surface area contributed by atoms with Crippen molar-refractivity contribution < 1.29 is 10.2 Å². The second-order valence-corrected chi connectivity index (χ2v) is 6.27. The predicted molar refractivity (Wildman–Crippen MR) is 97.0 cm³/mol. The lowest BCUT2D eigenvalue weighted by molar-refractivity contribution is 0.192. The van der Waals surface area contributed by atoms with E-state index in [0.717, 1.165) is 32.1 Å². The van der Waals surface area contributed by atoms with E-state index in [4.69, 9.17) is 0 Å². The maximum absolute atomic E-state index is 9.86. The molecule has 22 heavy (non-hydrogen) atoms. The Bertz CT molecular complexity index is 271. The van der Waals surface area contributed by atoms with Gasteiger partial charge in [-0.25, -0.2) is 0 Å². The molecule has 0 radical (unpaired) electrons. The van der Waals surface area contributed by atoms with E-state index in [1.165, 1.54) is 44.9 Å². The highest BCUT2D eigenvalue weighted by Crippen LogP contribution is 2.09. The van der Waals surface area contributed by atoms with Crippen LogP contribution in [0, 0.1) is 0 Å². The maximum Gasteiger partial charge on any atom is 0.0721 e. The molecule has 2 atom stereocenters. The molecule has 0 aliphatic rings. The van der Waals surface area contributed by atoms with E-state index in [2.05, 4.69) is 26.0 Å². The van der Waals surface area contributed by atoms with Gasteiger partial charge in [-0.15, -0.1) is 0 Å². The fraction of sp³-hybridized carbons (Fsp3) is 0.800. The van der Waals surface area contributed by atoms with Crippen molar-refractivity contribution in [2.75, 3.05) is 0 Å². The summed E-state index contributed by atoms with van der Waals surface area (Å²) in [7, 11) is 0. The van der Waals surface area contributed by atoms with Gasteiger partial charge >= 0.3 is 0 Å². The van der Waals surface area contributed by atoms with Crippen LogP contribution in [0.4, 0.5) is 0 Å². The summed E-state index contributed by atoms with van der Waals surface area (Å²) in [6.07, 6.45) is 20.7. The van der Waals surface area contributed by atoms with E-state index >= 15 is 0 Å². The molecule has 0 fully saturated rings. The lowest BCUT2D eigenvalue weighted by Crippen LogP contribution is -2.06. The molecule has 0 saturated heterocycles. The van der Waals surface area contributed by atoms with E-state index < -0.39 is 12.2 Å². The topological polar surface area (TPSA) is 40.5 Å². The van der Waals surface area contributed by atoms with Crippen molar-refractivity contribution in [3.05, 3.63) is 24.3 Å². The monoisotopic (exact) mass is 310 g/mol. The van der Waals surface area contributed by atoms with Crippen molar-refractivity contribution in [1.82, 2.24) is 0 Å². The lowest BCUT2D eigenvalue weighted by Gasteiger charge is -2.08. The van der Waals surface area contributed by atoms with Crippen LogP contribution in [0.25, 0.3) is 0 Å². The molecule has 0 aromatic carbocycles. The van der Waals surface area contributed by atoms with Gasteiger partial charge in [0.25, 0.3) is 0 Å². The Hall–Kier alpha value is -0.600. The maximum atomic E-state index is 9.86. The summed E-state index contributed by atoms with van der Waals surface area (Å²) in [5.74, 6) is 0. The first-order chi connectivity index (χ1) is 10.7. The summed E-state index contributed by atoms with van der Waals surface area (Å²) in [6.45, 7) is 4.38. The second-order valence-electron chi connectivity index (χ2n) is 6.27. The molecular weight excluding hydrogens is 272 g/mol. The van der Waals surface area contributed by atoms with Crippen LogP contribution in [-0.2, 0) is 0 Å². The van der Waals surface area contributed by atoms with Gasteiger partial charge in [-0.2, -0.15) is 0 Å². The molecule has 0 heterocycles. The van der Waals surface area contributed by atoms with Gasteiger partial charge in [-0.3, -0.25) is 0 Å². The van der Waals surface area contributed by atoms with Crippen LogP contribution in [-0.4, -0.2) is 22.4 Å². The summed E-state index contributed by atoms with van der Waals surface area (Å²) >= 11 is 0. The van der Waals surface area contributed by atoms with Crippen LogP contribution in [0.5, 0.6) is 0 Å². The molecule has 0 saturated carbocycles. The molecule has 2 N–H and O–H groups in total. The fourth-order valence-corrected chi connectivity index (χ4v) is 2.40. The third-order valence-corrected chi connectivity index (χ3v) is 3.92. The minimum atomic E-state index is -0.402. The van der Waals surface area contributed by atoms with E-state index in [-0.39, 0.29) is 0 Å². The molecule has 130 valence electrons. The molecule has 0 bridgehead atoms. The molecular formula is C20H38O2. The average molecular weight is 311 g/mol. The van der Waals surface area contributed by atoms with Gasteiger partial charge in [-0.1, -0.05) is 83.1 Å². The SMILES string of the molecule is CCCCC=CCCCCCC(O)C=CC(O)CCCCC. The Balaban J connectivity index is 3.48. The zero-order chi connectivity index (χ0) is 16.5. The van der Waals surface area contributed by atoms with Crippen molar-refractivity contribution in [2.45, 2.75) is 103 Å². The largest absolute Gasteiger partial charge is 0.389 e. The Morgan fingerprint density at radius 1 is 0.636 bits per heavy atom. The van der Waals surface area contributed by atoms with Crippen LogP contribution in [0.15, 0.2) is 24.3 Å². The van der Waals surface area contributed by atoms with Crippen LogP contribution >= 0.6 is 0 Å². The number of allylic oxidation sites excluding steroid dienone is 2. The van der Waals surface area contributed by atoms with Crippen LogP contribution in [0.3, 0.4) is 0 Å². The minimum absolute atomic E-state index is 0.394. The minimum Gasteiger partial charge on any atom is -0.389 e. The standard InChI is InChI=1S/C20H38O2/c1-3-5-7-8-9-10-11-12-14-16-20(22)18-17-19(21)15-13-6-4-2/h8-9,17-22H,3-7,10-16H2,1-2H3. The molecule has 0 aromatic rings. The zero-order valence-corrected chi connectivity index (χ0v) is 14.8. The molecule has 2 heteroatoms. The molecule has 0 aliphatic heterocycles. The van der Waals surface area contributed by atoms with Gasteiger partial charge in [-0.05, 0) is 32.1 Å². The van der Waals surface area contributed by atoms with Crippen molar-refractivity contribution in [3.63, 3.8) is 0 Å². The predicted octanol–water partition coefficient (Wildman–Crippen LogP) is 5.54. The number of unbranched alkanes of at least 4 members (excludes halogenated alkanes) is 7. The number of hydrogen-bond acceptors (Lipinski definition) is 2. The lowest BCUT2D eigenvalue weighted by atomic mass is 10.1. The van der Waals surface area contributed by atoms with Gasteiger partial charge < -0.3 is 10.2 Å². The molecule has 0 rings (SSSR count). The highest BCUT2D eigenvalue weighted by atomic mass is 16.3. The van der Waals surface area contributed by atoms with Crippen molar-refractivity contribution in [2.24, 2.45) is 0 Å².